The Hall–Kier alpha value is -1.25. The summed E-state index contributed by atoms with van der Waals surface area (Å²) in [7, 11) is -3.82. The summed E-state index contributed by atoms with van der Waals surface area (Å²) in [4.78, 5) is 4.09. The third-order valence-corrected chi connectivity index (χ3v) is 4.43. The zero-order valence-electron chi connectivity index (χ0n) is 10.3. The van der Waals surface area contributed by atoms with E-state index in [1.165, 1.54) is 12.1 Å². The van der Waals surface area contributed by atoms with Crippen molar-refractivity contribution in [2.75, 3.05) is 13.2 Å². The predicted octanol–water partition coefficient (Wildman–Crippen LogP) is 0.520. The summed E-state index contributed by atoms with van der Waals surface area (Å²) in [5.41, 5.74) is 0.581. The number of pyridine rings is 1. The average molecular weight is 317 g/mol. The van der Waals surface area contributed by atoms with E-state index in [-0.39, 0.29) is 4.90 Å². The Labute approximate surface area is 121 Å². The molecule has 0 aliphatic carbocycles. The lowest BCUT2D eigenvalue weighted by Crippen LogP contribution is -2.39. The third-order valence-electron chi connectivity index (χ3n) is 2.70. The highest BCUT2D eigenvalue weighted by Crippen LogP contribution is 2.19. The Balaban J connectivity index is 2.39. The van der Waals surface area contributed by atoms with E-state index in [0.717, 1.165) is 0 Å². The van der Waals surface area contributed by atoms with E-state index in [4.69, 9.17) is 21.8 Å². The molecule has 20 heavy (non-hydrogen) atoms. The maximum atomic E-state index is 12.1. The molecule has 1 heterocycles. The highest BCUT2D eigenvalue weighted by molar-refractivity contribution is 7.89. The molecule has 0 saturated carbocycles. The lowest BCUT2D eigenvalue weighted by molar-refractivity contribution is 0.185. The first-order valence-corrected chi connectivity index (χ1v) is 7.63. The molecule has 2 rings (SSSR count). The van der Waals surface area contributed by atoms with Crippen LogP contribution in [0.2, 0.25) is 5.15 Å². The first-order chi connectivity index (χ1) is 9.46. The maximum absolute atomic E-state index is 12.1. The normalized spacial score (nSPS) is 12.2. The topological polar surface area (TPSA) is 99.5 Å². The largest absolute Gasteiger partial charge is 0.395 e. The molecule has 0 aliphatic heterocycles. The van der Waals surface area contributed by atoms with Crippen LogP contribution in [0.3, 0.4) is 0 Å². The smallest absolute Gasteiger partial charge is 0.240 e. The molecule has 108 valence electrons. The number of hydrogen-bond donors (Lipinski definition) is 3. The molecule has 6 nitrogen and oxygen atoms in total. The van der Waals surface area contributed by atoms with E-state index in [1.807, 2.05) is 0 Å². The monoisotopic (exact) mass is 316 g/mol. The summed E-state index contributed by atoms with van der Waals surface area (Å²) in [6, 6.07) is 6.69. The molecule has 1 aromatic carbocycles. The van der Waals surface area contributed by atoms with E-state index < -0.39 is 29.3 Å². The SMILES string of the molecule is O=S(=O)(NC(CO)CO)c1ccc2nc(Cl)ccc2c1. The Morgan fingerprint density at radius 2 is 1.90 bits per heavy atom. The Bertz CT molecular complexity index is 716. The lowest BCUT2D eigenvalue weighted by Gasteiger charge is -2.14. The summed E-state index contributed by atoms with van der Waals surface area (Å²) < 4.78 is 26.4. The summed E-state index contributed by atoms with van der Waals surface area (Å²) in [5.74, 6) is 0. The van der Waals surface area contributed by atoms with Crippen LogP contribution in [0.25, 0.3) is 10.9 Å². The fourth-order valence-corrected chi connectivity index (χ4v) is 3.07. The van der Waals surface area contributed by atoms with Gasteiger partial charge in [0.05, 0.1) is 29.7 Å². The molecule has 0 aliphatic rings. The zero-order chi connectivity index (χ0) is 14.8. The van der Waals surface area contributed by atoms with Gasteiger partial charge in [0.25, 0.3) is 0 Å². The number of nitrogens with one attached hydrogen (secondary N) is 1. The van der Waals surface area contributed by atoms with Crippen molar-refractivity contribution in [1.29, 1.82) is 0 Å². The number of halogens is 1. The number of aliphatic hydroxyl groups excluding tert-OH is 2. The van der Waals surface area contributed by atoms with E-state index in [0.29, 0.717) is 16.1 Å². The van der Waals surface area contributed by atoms with Crippen molar-refractivity contribution in [3.8, 4) is 0 Å². The molecule has 2 aromatic rings. The second kappa shape index (κ2) is 6.02. The first-order valence-electron chi connectivity index (χ1n) is 5.76. The van der Waals surface area contributed by atoms with Gasteiger partial charge in [-0.2, -0.15) is 0 Å². The minimum Gasteiger partial charge on any atom is -0.395 e. The summed E-state index contributed by atoms with van der Waals surface area (Å²) >= 11 is 5.76. The highest BCUT2D eigenvalue weighted by Gasteiger charge is 2.19. The van der Waals surface area contributed by atoms with E-state index in [9.17, 15) is 8.42 Å². The van der Waals surface area contributed by atoms with Crippen LogP contribution < -0.4 is 4.72 Å². The Morgan fingerprint density at radius 3 is 2.55 bits per heavy atom. The predicted molar refractivity (Wildman–Crippen MR) is 75.0 cm³/mol. The van der Waals surface area contributed by atoms with Gasteiger partial charge in [-0.3, -0.25) is 0 Å². The van der Waals surface area contributed by atoms with Crippen LogP contribution in [0.4, 0.5) is 0 Å². The summed E-state index contributed by atoms with van der Waals surface area (Å²) in [5, 5.41) is 18.8. The van der Waals surface area contributed by atoms with Gasteiger partial charge in [0.15, 0.2) is 0 Å². The molecular weight excluding hydrogens is 304 g/mol. The van der Waals surface area contributed by atoms with Gasteiger partial charge < -0.3 is 10.2 Å². The molecule has 0 atom stereocenters. The molecule has 0 unspecified atom stereocenters. The standard InChI is InChI=1S/C12H13ClN2O4S/c13-12-4-1-8-5-10(2-3-11(8)14-12)20(18,19)15-9(6-16)7-17/h1-5,9,15-17H,6-7H2. The van der Waals surface area contributed by atoms with Crippen LogP contribution >= 0.6 is 11.6 Å². The first kappa shape index (κ1) is 15.1. The van der Waals surface area contributed by atoms with Gasteiger partial charge in [0.1, 0.15) is 5.15 Å². The van der Waals surface area contributed by atoms with Crippen LogP contribution in [-0.2, 0) is 10.0 Å². The van der Waals surface area contributed by atoms with Crippen LogP contribution in [0.5, 0.6) is 0 Å². The Morgan fingerprint density at radius 1 is 1.20 bits per heavy atom. The van der Waals surface area contributed by atoms with Gasteiger partial charge in [-0.25, -0.2) is 18.1 Å². The molecule has 0 spiro atoms. The van der Waals surface area contributed by atoms with Crippen LogP contribution in [0.15, 0.2) is 35.2 Å². The second-order valence-electron chi connectivity index (χ2n) is 4.17. The van der Waals surface area contributed by atoms with Crippen molar-refractivity contribution >= 4 is 32.5 Å². The number of sulfonamides is 1. The molecule has 8 heteroatoms. The number of fused-ring (bicyclic) bond motifs is 1. The van der Waals surface area contributed by atoms with Crippen molar-refractivity contribution in [3.63, 3.8) is 0 Å². The van der Waals surface area contributed by atoms with Gasteiger partial charge in [0.2, 0.25) is 10.0 Å². The van der Waals surface area contributed by atoms with Gasteiger partial charge in [-0.15, -0.1) is 0 Å². The van der Waals surface area contributed by atoms with Crippen LogP contribution in [0.1, 0.15) is 0 Å². The third kappa shape index (κ3) is 3.25. The number of aromatic nitrogens is 1. The number of benzene rings is 1. The minimum atomic E-state index is -3.82. The Kier molecular flexibility index (Phi) is 4.56. The van der Waals surface area contributed by atoms with Gasteiger partial charge in [-0.05, 0) is 30.3 Å². The fraction of sp³-hybridized carbons (Fsp3) is 0.250. The lowest BCUT2D eigenvalue weighted by atomic mass is 10.2. The van der Waals surface area contributed by atoms with Gasteiger partial charge >= 0.3 is 0 Å². The van der Waals surface area contributed by atoms with E-state index in [2.05, 4.69) is 9.71 Å². The van der Waals surface area contributed by atoms with Crippen molar-refractivity contribution in [2.45, 2.75) is 10.9 Å². The second-order valence-corrected chi connectivity index (χ2v) is 6.27. The van der Waals surface area contributed by atoms with Crippen molar-refractivity contribution in [3.05, 3.63) is 35.5 Å². The quantitative estimate of drug-likeness (QED) is 0.698. The summed E-state index contributed by atoms with van der Waals surface area (Å²) in [6.07, 6.45) is 0. The minimum absolute atomic E-state index is 0.0287. The number of rotatable bonds is 5. The van der Waals surface area contributed by atoms with Crippen LogP contribution in [0, 0.1) is 0 Å². The van der Waals surface area contributed by atoms with Crippen molar-refractivity contribution < 1.29 is 18.6 Å². The maximum Gasteiger partial charge on any atom is 0.240 e. The number of nitrogens with zero attached hydrogens (tertiary/aromatic N) is 1. The van der Waals surface area contributed by atoms with Gasteiger partial charge in [-0.1, -0.05) is 11.6 Å². The molecular formula is C12H13ClN2O4S. The molecule has 0 bridgehead atoms. The highest BCUT2D eigenvalue weighted by atomic mass is 35.5. The fourth-order valence-electron chi connectivity index (χ4n) is 1.67. The van der Waals surface area contributed by atoms with Crippen molar-refractivity contribution in [1.82, 2.24) is 9.71 Å². The molecule has 3 N–H and O–H groups in total. The summed E-state index contributed by atoms with van der Waals surface area (Å²) in [6.45, 7) is -0.971. The molecule has 0 amide bonds. The molecule has 0 radical (unpaired) electrons. The van der Waals surface area contributed by atoms with Gasteiger partial charge in [0, 0.05) is 5.39 Å². The van der Waals surface area contributed by atoms with E-state index in [1.54, 1.807) is 18.2 Å². The number of aliphatic hydroxyl groups is 2. The van der Waals surface area contributed by atoms with Crippen molar-refractivity contribution in [2.24, 2.45) is 0 Å². The number of hydrogen-bond acceptors (Lipinski definition) is 5. The molecule has 0 saturated heterocycles. The van der Waals surface area contributed by atoms with E-state index >= 15 is 0 Å². The zero-order valence-corrected chi connectivity index (χ0v) is 11.9. The average Bonchev–Trinajstić information content (AvgIpc) is 2.44. The molecule has 0 fully saturated rings. The molecule has 1 aromatic heterocycles. The van der Waals surface area contributed by atoms with Crippen LogP contribution in [-0.4, -0.2) is 42.9 Å².